The molecule has 3 rings (SSSR count). The molecule has 1 aliphatic carbocycles. The summed E-state index contributed by atoms with van der Waals surface area (Å²) in [4.78, 5) is 0. The van der Waals surface area contributed by atoms with Crippen molar-refractivity contribution in [3.63, 3.8) is 0 Å². The normalized spacial score (nSPS) is 15.3. The Morgan fingerprint density at radius 3 is 2.56 bits per heavy atom. The molecular formula is C13H15N3. The minimum Gasteiger partial charge on any atom is -0.399 e. The van der Waals surface area contributed by atoms with Gasteiger partial charge < -0.3 is 5.73 Å². The average molecular weight is 213 g/mol. The van der Waals surface area contributed by atoms with Crippen LogP contribution in [-0.2, 0) is 7.05 Å². The van der Waals surface area contributed by atoms with E-state index >= 15 is 0 Å². The summed E-state index contributed by atoms with van der Waals surface area (Å²) < 4.78 is 1.96. The molecule has 0 atom stereocenters. The molecule has 0 saturated heterocycles. The minimum atomic E-state index is 0.703. The van der Waals surface area contributed by atoms with Crippen LogP contribution in [0.3, 0.4) is 0 Å². The van der Waals surface area contributed by atoms with Crippen molar-refractivity contribution in [1.82, 2.24) is 9.78 Å². The Morgan fingerprint density at radius 1 is 1.25 bits per heavy atom. The van der Waals surface area contributed by atoms with E-state index in [4.69, 9.17) is 5.73 Å². The number of rotatable bonds is 2. The van der Waals surface area contributed by atoms with Crippen LogP contribution in [0.5, 0.6) is 0 Å². The van der Waals surface area contributed by atoms with Gasteiger partial charge in [-0.25, -0.2) is 0 Å². The van der Waals surface area contributed by atoms with Crippen LogP contribution >= 0.6 is 0 Å². The van der Waals surface area contributed by atoms with Crippen molar-refractivity contribution in [2.75, 3.05) is 5.73 Å². The summed E-state index contributed by atoms with van der Waals surface area (Å²) in [7, 11) is 2.00. The molecule has 2 aromatic rings. The third kappa shape index (κ3) is 1.58. The van der Waals surface area contributed by atoms with E-state index in [0.717, 1.165) is 5.69 Å². The predicted octanol–water partition coefficient (Wildman–Crippen LogP) is 2.55. The van der Waals surface area contributed by atoms with Gasteiger partial charge in [-0.1, -0.05) is 12.1 Å². The fraction of sp³-hybridized carbons (Fsp3) is 0.308. The zero-order chi connectivity index (χ0) is 11.1. The van der Waals surface area contributed by atoms with Crippen molar-refractivity contribution in [2.45, 2.75) is 18.8 Å². The van der Waals surface area contributed by atoms with E-state index in [1.54, 1.807) is 0 Å². The molecule has 0 spiro atoms. The highest BCUT2D eigenvalue weighted by Gasteiger charge is 2.26. The fourth-order valence-electron chi connectivity index (χ4n) is 1.99. The zero-order valence-corrected chi connectivity index (χ0v) is 9.35. The van der Waals surface area contributed by atoms with Crippen LogP contribution in [0.4, 0.5) is 5.69 Å². The maximum atomic E-state index is 5.68. The van der Waals surface area contributed by atoms with Gasteiger partial charge in [0.1, 0.15) is 0 Å². The van der Waals surface area contributed by atoms with Crippen LogP contribution in [0.1, 0.15) is 24.5 Å². The van der Waals surface area contributed by atoms with E-state index < -0.39 is 0 Å². The first-order valence-corrected chi connectivity index (χ1v) is 5.64. The molecule has 3 heteroatoms. The van der Waals surface area contributed by atoms with E-state index in [0.29, 0.717) is 5.92 Å². The molecule has 1 heterocycles. The molecule has 0 amide bonds. The maximum absolute atomic E-state index is 5.68. The van der Waals surface area contributed by atoms with Crippen molar-refractivity contribution < 1.29 is 0 Å². The summed E-state index contributed by atoms with van der Waals surface area (Å²) in [5.41, 5.74) is 10.1. The van der Waals surface area contributed by atoms with Gasteiger partial charge in [-0.3, -0.25) is 4.68 Å². The number of hydrogen-bond donors (Lipinski definition) is 1. The molecule has 1 aromatic heterocycles. The van der Waals surface area contributed by atoms with Gasteiger partial charge in [-0.15, -0.1) is 0 Å². The van der Waals surface area contributed by atoms with Gasteiger partial charge in [0.25, 0.3) is 0 Å². The van der Waals surface area contributed by atoms with Gasteiger partial charge in [-0.05, 0) is 36.6 Å². The summed E-state index contributed by atoms with van der Waals surface area (Å²) in [5, 5.41) is 4.56. The number of anilines is 1. The first-order chi connectivity index (χ1) is 7.74. The van der Waals surface area contributed by atoms with Crippen LogP contribution in [0.2, 0.25) is 0 Å². The number of hydrogen-bond acceptors (Lipinski definition) is 2. The Kier molecular flexibility index (Phi) is 1.99. The largest absolute Gasteiger partial charge is 0.399 e. The molecule has 1 aliphatic rings. The molecule has 3 nitrogen and oxygen atoms in total. The third-order valence-corrected chi connectivity index (χ3v) is 3.10. The lowest BCUT2D eigenvalue weighted by Gasteiger charge is -2.01. The molecule has 82 valence electrons. The average Bonchev–Trinajstić information content (AvgIpc) is 3.04. The van der Waals surface area contributed by atoms with E-state index in [2.05, 4.69) is 11.2 Å². The number of nitrogens with zero attached hydrogens (tertiary/aromatic N) is 2. The Balaban J connectivity index is 2.01. The highest BCUT2D eigenvalue weighted by atomic mass is 15.3. The molecule has 16 heavy (non-hydrogen) atoms. The third-order valence-electron chi connectivity index (χ3n) is 3.10. The van der Waals surface area contributed by atoms with E-state index in [9.17, 15) is 0 Å². The van der Waals surface area contributed by atoms with Crippen molar-refractivity contribution in [3.8, 4) is 11.3 Å². The van der Waals surface area contributed by atoms with Crippen LogP contribution < -0.4 is 5.73 Å². The predicted molar refractivity (Wildman–Crippen MR) is 65.0 cm³/mol. The van der Waals surface area contributed by atoms with E-state index in [1.807, 2.05) is 36.0 Å². The van der Waals surface area contributed by atoms with Crippen molar-refractivity contribution >= 4 is 5.69 Å². The highest BCUT2D eigenvalue weighted by Crippen LogP contribution is 2.40. The molecule has 2 N–H and O–H groups in total. The first kappa shape index (κ1) is 9.46. The summed E-state index contributed by atoms with van der Waals surface area (Å²) in [6.07, 6.45) is 2.58. The molecular weight excluding hydrogens is 198 g/mol. The van der Waals surface area contributed by atoms with Gasteiger partial charge in [-0.2, -0.15) is 5.10 Å². The maximum Gasteiger partial charge on any atom is 0.0681 e. The highest BCUT2D eigenvalue weighted by molar-refractivity contribution is 5.62. The molecule has 0 unspecified atom stereocenters. The Labute approximate surface area is 94.9 Å². The zero-order valence-electron chi connectivity index (χ0n) is 9.35. The quantitative estimate of drug-likeness (QED) is 0.779. The van der Waals surface area contributed by atoms with Crippen molar-refractivity contribution in [2.24, 2.45) is 7.05 Å². The second-order valence-electron chi connectivity index (χ2n) is 4.47. The molecule has 1 saturated carbocycles. The second kappa shape index (κ2) is 3.37. The number of aryl methyl sites for hydroxylation is 1. The number of nitrogen functional groups attached to an aromatic ring is 1. The Hall–Kier alpha value is -1.77. The second-order valence-corrected chi connectivity index (χ2v) is 4.47. The molecule has 0 bridgehead atoms. The summed E-state index contributed by atoms with van der Waals surface area (Å²) in [5.74, 6) is 0.703. The summed E-state index contributed by atoms with van der Waals surface area (Å²) >= 11 is 0. The Bertz CT molecular complexity index is 506. The molecule has 0 aliphatic heterocycles. The van der Waals surface area contributed by atoms with Crippen LogP contribution in [0, 0.1) is 0 Å². The topological polar surface area (TPSA) is 43.8 Å². The van der Waals surface area contributed by atoms with E-state index in [-0.39, 0.29) is 0 Å². The summed E-state index contributed by atoms with van der Waals surface area (Å²) in [6.45, 7) is 0. The number of nitrogens with two attached hydrogens (primary N) is 1. The number of benzene rings is 1. The van der Waals surface area contributed by atoms with Gasteiger partial charge in [0.05, 0.1) is 11.4 Å². The lowest BCUT2D eigenvalue weighted by atomic mass is 10.1. The molecule has 1 aromatic carbocycles. The van der Waals surface area contributed by atoms with Crippen LogP contribution in [0.15, 0.2) is 30.3 Å². The van der Waals surface area contributed by atoms with Crippen LogP contribution in [0.25, 0.3) is 11.3 Å². The summed E-state index contributed by atoms with van der Waals surface area (Å²) in [6, 6.07) is 10.1. The monoisotopic (exact) mass is 213 g/mol. The van der Waals surface area contributed by atoms with Crippen molar-refractivity contribution in [1.29, 1.82) is 0 Å². The molecule has 1 fully saturated rings. The number of aromatic nitrogens is 2. The standard InChI is InChI=1S/C13H15N3/c1-16-13(8-12(15-16)9-2-3-9)10-4-6-11(14)7-5-10/h4-9H,2-3,14H2,1H3. The lowest BCUT2D eigenvalue weighted by molar-refractivity contribution is 0.750. The van der Waals surface area contributed by atoms with Gasteiger partial charge in [0, 0.05) is 18.7 Å². The SMILES string of the molecule is Cn1nc(C2CC2)cc1-c1ccc(N)cc1. The van der Waals surface area contributed by atoms with Gasteiger partial charge in [0.2, 0.25) is 0 Å². The first-order valence-electron chi connectivity index (χ1n) is 5.64. The fourth-order valence-corrected chi connectivity index (χ4v) is 1.99. The smallest absolute Gasteiger partial charge is 0.0681 e. The van der Waals surface area contributed by atoms with Gasteiger partial charge in [0.15, 0.2) is 0 Å². The van der Waals surface area contributed by atoms with Crippen molar-refractivity contribution in [3.05, 3.63) is 36.0 Å². The van der Waals surface area contributed by atoms with Crippen LogP contribution in [-0.4, -0.2) is 9.78 Å². The molecule has 0 radical (unpaired) electrons. The Morgan fingerprint density at radius 2 is 1.94 bits per heavy atom. The minimum absolute atomic E-state index is 0.703. The lowest BCUT2D eigenvalue weighted by Crippen LogP contribution is -1.94. The van der Waals surface area contributed by atoms with E-state index in [1.165, 1.54) is 29.8 Å². The van der Waals surface area contributed by atoms with Gasteiger partial charge >= 0.3 is 0 Å².